The molecule has 0 spiro atoms. The van der Waals surface area contributed by atoms with Gasteiger partial charge in [-0.25, -0.2) is 0 Å². The van der Waals surface area contributed by atoms with Gasteiger partial charge in [0.25, 0.3) is 0 Å². The number of nitriles is 1. The van der Waals surface area contributed by atoms with Crippen LogP contribution in [0.3, 0.4) is 0 Å². The van der Waals surface area contributed by atoms with Crippen LogP contribution in [0, 0.1) is 17.2 Å². The lowest BCUT2D eigenvalue weighted by Gasteiger charge is -2.23. The number of benzene rings is 1. The van der Waals surface area contributed by atoms with Gasteiger partial charge in [-0.1, -0.05) is 32.0 Å². The number of quaternary nitrogens is 1. The van der Waals surface area contributed by atoms with Gasteiger partial charge in [-0.2, -0.15) is 5.26 Å². The predicted octanol–water partition coefficient (Wildman–Crippen LogP) is 0.881. The third kappa shape index (κ3) is 7.13. The summed E-state index contributed by atoms with van der Waals surface area (Å²) in [6, 6.07) is 11.7. The van der Waals surface area contributed by atoms with Crippen LogP contribution in [0.25, 0.3) is 0 Å². The molecule has 2 N–H and O–H groups in total. The Balaban J connectivity index is 2.36. The topological polar surface area (TPSA) is 57.7 Å². The number of para-hydroxylation sites is 1. The molecule has 1 aromatic carbocycles. The van der Waals surface area contributed by atoms with Gasteiger partial charge in [0.15, 0.2) is 0 Å². The maximum Gasteiger partial charge on any atom is 0.137 e. The Morgan fingerprint density at radius 3 is 2.55 bits per heavy atom. The van der Waals surface area contributed by atoms with Crippen LogP contribution in [0.2, 0.25) is 0 Å². The zero-order valence-corrected chi connectivity index (χ0v) is 12.4. The zero-order valence-electron chi connectivity index (χ0n) is 12.4. The van der Waals surface area contributed by atoms with Crippen molar-refractivity contribution in [3.8, 4) is 11.8 Å². The molecule has 0 saturated heterocycles. The molecule has 4 heteroatoms. The second kappa shape index (κ2) is 9.35. The second-order valence-electron chi connectivity index (χ2n) is 5.49. The van der Waals surface area contributed by atoms with Crippen LogP contribution in [0.4, 0.5) is 0 Å². The van der Waals surface area contributed by atoms with Crippen molar-refractivity contribution in [2.75, 3.05) is 26.2 Å². The lowest BCUT2D eigenvalue weighted by Crippen LogP contribution is -3.13. The van der Waals surface area contributed by atoms with Crippen LogP contribution in [0.1, 0.15) is 20.3 Å². The molecule has 0 aliphatic rings. The van der Waals surface area contributed by atoms with Gasteiger partial charge in [0.2, 0.25) is 0 Å². The third-order valence-corrected chi connectivity index (χ3v) is 3.00. The van der Waals surface area contributed by atoms with Crippen molar-refractivity contribution >= 4 is 0 Å². The molecule has 0 amide bonds. The van der Waals surface area contributed by atoms with Crippen LogP contribution in [-0.4, -0.2) is 37.5 Å². The maximum absolute atomic E-state index is 10.1. The highest BCUT2D eigenvalue weighted by Gasteiger charge is 2.16. The summed E-state index contributed by atoms with van der Waals surface area (Å²) in [6.07, 6.45) is 0.0107. The first-order valence-electron chi connectivity index (χ1n) is 7.18. The monoisotopic (exact) mass is 277 g/mol. The zero-order chi connectivity index (χ0) is 14.8. The van der Waals surface area contributed by atoms with E-state index in [0.29, 0.717) is 18.9 Å². The summed E-state index contributed by atoms with van der Waals surface area (Å²) in [6.45, 7) is 6.95. The molecular weight excluding hydrogens is 252 g/mol. The normalized spacial score (nSPS) is 13.8. The molecule has 0 aromatic heterocycles. The molecule has 0 bridgehead atoms. The summed E-state index contributed by atoms with van der Waals surface area (Å²) < 4.78 is 5.55. The molecule has 1 rings (SSSR count). The van der Waals surface area contributed by atoms with Crippen LogP contribution >= 0.6 is 0 Å². The number of aliphatic hydroxyl groups is 1. The standard InChI is InChI=1S/C16H24N2O2/c1-14(2)11-18(10-6-9-17)12-15(19)13-20-16-7-4-3-5-8-16/h3-5,7-8,14-15,19H,6,10-13H2,1-2H3/p+1/t15-/m0/s1. The van der Waals surface area contributed by atoms with Gasteiger partial charge in [-0.15, -0.1) is 0 Å². The molecule has 1 unspecified atom stereocenters. The van der Waals surface area contributed by atoms with E-state index in [-0.39, 0.29) is 6.61 Å². The second-order valence-corrected chi connectivity index (χ2v) is 5.49. The van der Waals surface area contributed by atoms with Crippen molar-refractivity contribution in [2.45, 2.75) is 26.4 Å². The molecule has 4 nitrogen and oxygen atoms in total. The van der Waals surface area contributed by atoms with Crippen LogP contribution in [0.15, 0.2) is 30.3 Å². The van der Waals surface area contributed by atoms with Crippen molar-refractivity contribution in [1.29, 1.82) is 5.26 Å². The molecular formula is C16H25N2O2+. The van der Waals surface area contributed by atoms with Crippen molar-refractivity contribution < 1.29 is 14.7 Å². The number of nitrogens with zero attached hydrogens (tertiary/aromatic N) is 1. The Labute approximate surface area is 121 Å². The van der Waals surface area contributed by atoms with Gasteiger partial charge in [0.1, 0.15) is 25.0 Å². The highest BCUT2D eigenvalue weighted by Crippen LogP contribution is 2.08. The van der Waals surface area contributed by atoms with E-state index in [0.717, 1.165) is 18.8 Å². The average molecular weight is 277 g/mol. The number of hydrogen-bond acceptors (Lipinski definition) is 3. The molecule has 0 saturated carbocycles. The predicted molar refractivity (Wildman–Crippen MR) is 78.6 cm³/mol. The quantitative estimate of drug-likeness (QED) is 0.704. The molecule has 0 aliphatic carbocycles. The first-order chi connectivity index (χ1) is 9.61. The average Bonchev–Trinajstić information content (AvgIpc) is 2.43. The summed E-state index contributed by atoms with van der Waals surface area (Å²) in [4.78, 5) is 1.26. The van der Waals surface area contributed by atoms with Gasteiger partial charge in [-0.3, -0.25) is 0 Å². The highest BCUT2D eigenvalue weighted by atomic mass is 16.5. The summed E-state index contributed by atoms with van der Waals surface area (Å²) >= 11 is 0. The molecule has 0 aliphatic heterocycles. The van der Waals surface area contributed by atoms with Gasteiger partial charge >= 0.3 is 0 Å². The number of nitrogens with one attached hydrogen (secondary N) is 1. The molecule has 1 aromatic rings. The van der Waals surface area contributed by atoms with E-state index < -0.39 is 6.10 Å². The largest absolute Gasteiger partial charge is 0.491 e. The third-order valence-electron chi connectivity index (χ3n) is 3.00. The van der Waals surface area contributed by atoms with E-state index in [9.17, 15) is 5.11 Å². The first kappa shape index (κ1) is 16.5. The lowest BCUT2D eigenvalue weighted by atomic mass is 10.2. The van der Waals surface area contributed by atoms with Crippen molar-refractivity contribution in [1.82, 2.24) is 0 Å². The van der Waals surface area contributed by atoms with E-state index in [1.807, 2.05) is 30.3 Å². The fourth-order valence-electron chi connectivity index (χ4n) is 2.20. The minimum atomic E-state index is -0.511. The molecule has 110 valence electrons. The number of aliphatic hydroxyl groups excluding tert-OH is 1. The van der Waals surface area contributed by atoms with Crippen molar-refractivity contribution in [2.24, 2.45) is 5.92 Å². The van der Waals surface area contributed by atoms with E-state index >= 15 is 0 Å². The number of ether oxygens (including phenoxy) is 1. The number of hydrogen-bond donors (Lipinski definition) is 2. The highest BCUT2D eigenvalue weighted by molar-refractivity contribution is 5.20. The summed E-state index contributed by atoms with van der Waals surface area (Å²) in [5, 5.41) is 18.7. The Morgan fingerprint density at radius 2 is 1.95 bits per heavy atom. The molecule has 2 atom stereocenters. The first-order valence-corrected chi connectivity index (χ1v) is 7.18. The molecule has 0 radical (unpaired) electrons. The Kier molecular flexibility index (Phi) is 7.71. The summed E-state index contributed by atoms with van der Waals surface area (Å²) in [5.74, 6) is 1.32. The molecule has 20 heavy (non-hydrogen) atoms. The Hall–Kier alpha value is -1.57. The van der Waals surface area contributed by atoms with Crippen LogP contribution < -0.4 is 9.64 Å². The fourth-order valence-corrected chi connectivity index (χ4v) is 2.20. The molecule has 0 heterocycles. The minimum absolute atomic E-state index is 0.290. The van der Waals surface area contributed by atoms with E-state index in [4.69, 9.17) is 10.00 Å². The van der Waals surface area contributed by atoms with Crippen molar-refractivity contribution in [3.63, 3.8) is 0 Å². The van der Waals surface area contributed by atoms with Crippen LogP contribution in [0.5, 0.6) is 5.75 Å². The Bertz CT molecular complexity index is 401. The SMILES string of the molecule is CC(C)C[NH+](CCC#N)C[C@H](O)COc1ccccc1. The van der Waals surface area contributed by atoms with Crippen LogP contribution in [-0.2, 0) is 0 Å². The minimum Gasteiger partial charge on any atom is -0.491 e. The summed E-state index contributed by atoms with van der Waals surface area (Å²) in [7, 11) is 0. The van der Waals surface area contributed by atoms with Gasteiger partial charge in [-0.05, 0) is 12.1 Å². The van der Waals surface area contributed by atoms with Gasteiger partial charge in [0, 0.05) is 5.92 Å². The van der Waals surface area contributed by atoms with Gasteiger partial charge < -0.3 is 14.7 Å². The van der Waals surface area contributed by atoms with E-state index in [1.54, 1.807) is 0 Å². The van der Waals surface area contributed by atoms with Gasteiger partial charge in [0.05, 0.1) is 25.6 Å². The Morgan fingerprint density at radius 1 is 1.25 bits per heavy atom. The lowest BCUT2D eigenvalue weighted by molar-refractivity contribution is -0.905. The fraction of sp³-hybridized carbons (Fsp3) is 0.562. The van der Waals surface area contributed by atoms with E-state index in [1.165, 1.54) is 4.90 Å². The van der Waals surface area contributed by atoms with E-state index in [2.05, 4.69) is 19.9 Å². The smallest absolute Gasteiger partial charge is 0.137 e. The summed E-state index contributed by atoms with van der Waals surface area (Å²) in [5.41, 5.74) is 0. The molecule has 0 fully saturated rings. The number of rotatable bonds is 9. The van der Waals surface area contributed by atoms with Crippen molar-refractivity contribution in [3.05, 3.63) is 30.3 Å². The maximum atomic E-state index is 10.1.